The first-order chi connectivity index (χ1) is 12.2. The van der Waals surface area contributed by atoms with Crippen molar-refractivity contribution in [3.63, 3.8) is 0 Å². The first-order valence-electron chi connectivity index (χ1n) is 7.97. The molecule has 25 heavy (non-hydrogen) atoms. The van der Waals surface area contributed by atoms with Crippen LogP contribution >= 0.6 is 11.3 Å². The van der Waals surface area contributed by atoms with E-state index in [1.54, 1.807) is 11.0 Å². The topological polar surface area (TPSA) is 66.1 Å². The molecule has 4 aromatic rings. The zero-order chi connectivity index (χ0) is 17.4. The second-order valence-corrected chi connectivity index (χ2v) is 6.62. The molecule has 0 aliphatic carbocycles. The number of carbonyl (C=O) groups is 1. The number of aromatic amines is 1. The Hall–Kier alpha value is -2.99. The van der Waals surface area contributed by atoms with Gasteiger partial charge in [-0.25, -0.2) is 4.98 Å². The monoisotopic (exact) mass is 349 g/mol. The number of anilines is 1. The van der Waals surface area contributed by atoms with E-state index in [-0.39, 0.29) is 11.5 Å². The Labute approximate surface area is 147 Å². The number of thiazole rings is 1. The van der Waals surface area contributed by atoms with E-state index in [1.807, 2.05) is 49.4 Å². The minimum atomic E-state index is -0.289. The van der Waals surface area contributed by atoms with Gasteiger partial charge in [-0.2, -0.15) is 0 Å². The average Bonchev–Trinajstić information content (AvgIpc) is 3.05. The van der Waals surface area contributed by atoms with Crippen molar-refractivity contribution in [3.05, 3.63) is 70.5 Å². The van der Waals surface area contributed by atoms with Crippen molar-refractivity contribution in [1.82, 2.24) is 9.97 Å². The fraction of sp³-hybridized carbons (Fsp3) is 0.105. The number of hydrogen-bond donors (Lipinski definition) is 1. The van der Waals surface area contributed by atoms with Gasteiger partial charge in [0, 0.05) is 23.5 Å². The molecule has 0 radical (unpaired) electrons. The van der Waals surface area contributed by atoms with Crippen molar-refractivity contribution >= 4 is 43.5 Å². The molecule has 0 saturated carbocycles. The van der Waals surface area contributed by atoms with E-state index < -0.39 is 0 Å². The molecule has 5 nitrogen and oxygen atoms in total. The largest absolute Gasteiger partial charge is 0.322 e. The summed E-state index contributed by atoms with van der Waals surface area (Å²) in [6.07, 6.45) is 0. The Morgan fingerprint density at radius 1 is 1.16 bits per heavy atom. The van der Waals surface area contributed by atoms with Gasteiger partial charge in [0.05, 0.1) is 15.8 Å². The van der Waals surface area contributed by atoms with E-state index in [0.717, 1.165) is 15.6 Å². The normalized spacial score (nSPS) is 11.1. The van der Waals surface area contributed by atoms with Gasteiger partial charge in [0.25, 0.3) is 5.91 Å². The van der Waals surface area contributed by atoms with Crippen LogP contribution in [0.4, 0.5) is 5.13 Å². The zero-order valence-corrected chi connectivity index (χ0v) is 14.3. The van der Waals surface area contributed by atoms with Gasteiger partial charge in [0.15, 0.2) is 5.13 Å². The maximum Gasteiger partial charge on any atom is 0.260 e. The smallest absolute Gasteiger partial charge is 0.260 e. The van der Waals surface area contributed by atoms with Crippen LogP contribution in [0.1, 0.15) is 17.3 Å². The molecule has 4 rings (SSSR count). The lowest BCUT2D eigenvalue weighted by atomic mass is 10.1. The summed E-state index contributed by atoms with van der Waals surface area (Å²) in [5, 5.41) is 1.37. The van der Waals surface area contributed by atoms with Gasteiger partial charge >= 0.3 is 0 Å². The Kier molecular flexibility index (Phi) is 3.82. The van der Waals surface area contributed by atoms with Crippen molar-refractivity contribution in [2.24, 2.45) is 0 Å². The standard InChI is InChI=1S/C19H15N3O2S/c1-2-22(19-21-15-9-5-6-10-16(15)25-19)18(24)13-11-17(23)20-14-8-4-3-7-12(13)14/h3-11H,2H2,1H3,(H,20,23). The van der Waals surface area contributed by atoms with Gasteiger partial charge < -0.3 is 4.98 Å². The highest BCUT2D eigenvalue weighted by Crippen LogP contribution is 2.30. The Balaban J connectivity index is 1.85. The summed E-state index contributed by atoms with van der Waals surface area (Å²) in [6.45, 7) is 2.37. The second-order valence-electron chi connectivity index (χ2n) is 5.61. The van der Waals surface area contributed by atoms with Crippen molar-refractivity contribution in [1.29, 1.82) is 0 Å². The summed E-state index contributed by atoms with van der Waals surface area (Å²) < 4.78 is 1.03. The molecule has 1 amide bonds. The molecule has 0 saturated heterocycles. The lowest BCUT2D eigenvalue weighted by Crippen LogP contribution is -2.31. The van der Waals surface area contributed by atoms with E-state index in [1.165, 1.54) is 17.4 Å². The van der Waals surface area contributed by atoms with Gasteiger partial charge in [-0.05, 0) is 25.1 Å². The van der Waals surface area contributed by atoms with Gasteiger partial charge in [-0.15, -0.1) is 0 Å². The minimum absolute atomic E-state index is 0.219. The number of carbonyl (C=O) groups excluding carboxylic acids is 1. The van der Waals surface area contributed by atoms with E-state index in [9.17, 15) is 9.59 Å². The van der Waals surface area contributed by atoms with Crippen LogP contribution in [-0.2, 0) is 0 Å². The molecule has 124 valence electrons. The average molecular weight is 349 g/mol. The molecule has 0 unspecified atom stereocenters. The van der Waals surface area contributed by atoms with Crippen molar-refractivity contribution in [2.75, 3.05) is 11.4 Å². The molecule has 0 aliphatic heterocycles. The maximum absolute atomic E-state index is 13.2. The first-order valence-corrected chi connectivity index (χ1v) is 8.78. The second kappa shape index (κ2) is 6.14. The number of nitrogens with zero attached hydrogens (tertiary/aromatic N) is 2. The summed E-state index contributed by atoms with van der Waals surface area (Å²) >= 11 is 1.47. The molecule has 2 aromatic carbocycles. The van der Waals surface area contributed by atoms with Gasteiger partial charge in [-0.3, -0.25) is 14.5 Å². The maximum atomic E-state index is 13.2. The van der Waals surface area contributed by atoms with Crippen molar-refractivity contribution in [3.8, 4) is 0 Å². The van der Waals surface area contributed by atoms with Crippen LogP contribution in [-0.4, -0.2) is 22.4 Å². The Bertz CT molecular complexity index is 1110. The predicted molar refractivity (Wildman–Crippen MR) is 102 cm³/mol. The number of amides is 1. The molecule has 6 heteroatoms. The molecule has 2 heterocycles. The van der Waals surface area contributed by atoms with E-state index >= 15 is 0 Å². The molecular formula is C19H15N3O2S. The SMILES string of the molecule is CCN(C(=O)c1cc(=O)[nH]c2ccccc12)c1nc2ccccc2s1. The van der Waals surface area contributed by atoms with Crippen LogP contribution in [0.15, 0.2) is 59.4 Å². The first kappa shape index (κ1) is 15.5. The zero-order valence-electron chi connectivity index (χ0n) is 13.5. The summed E-state index contributed by atoms with van der Waals surface area (Å²) in [6, 6.07) is 16.5. The molecular weight excluding hydrogens is 334 g/mol. The van der Waals surface area contributed by atoms with Crippen molar-refractivity contribution < 1.29 is 4.79 Å². The van der Waals surface area contributed by atoms with Gasteiger partial charge in [0.1, 0.15) is 0 Å². The Morgan fingerprint density at radius 3 is 2.72 bits per heavy atom. The number of fused-ring (bicyclic) bond motifs is 2. The molecule has 0 bridgehead atoms. The van der Waals surface area contributed by atoms with E-state index in [0.29, 0.717) is 22.8 Å². The van der Waals surface area contributed by atoms with E-state index in [2.05, 4.69) is 9.97 Å². The number of H-pyrrole nitrogens is 1. The molecule has 0 atom stereocenters. The van der Waals surface area contributed by atoms with Crippen LogP contribution in [0.3, 0.4) is 0 Å². The van der Waals surface area contributed by atoms with Gasteiger partial charge in [-0.1, -0.05) is 41.7 Å². The summed E-state index contributed by atoms with van der Waals surface area (Å²) in [4.78, 5) is 34.1. The third-order valence-corrected chi connectivity index (χ3v) is 5.12. The molecule has 0 spiro atoms. The third kappa shape index (κ3) is 2.70. The number of hydrogen-bond acceptors (Lipinski definition) is 4. The highest BCUT2D eigenvalue weighted by molar-refractivity contribution is 7.22. The van der Waals surface area contributed by atoms with Crippen LogP contribution in [0, 0.1) is 0 Å². The van der Waals surface area contributed by atoms with Crippen LogP contribution in [0.5, 0.6) is 0 Å². The van der Waals surface area contributed by atoms with Crippen molar-refractivity contribution in [2.45, 2.75) is 6.92 Å². The van der Waals surface area contributed by atoms with E-state index in [4.69, 9.17) is 0 Å². The third-order valence-electron chi connectivity index (χ3n) is 4.06. The number of pyridine rings is 1. The number of para-hydroxylation sites is 2. The summed E-state index contributed by atoms with van der Waals surface area (Å²) in [5.41, 5.74) is 1.62. The number of aromatic nitrogens is 2. The molecule has 0 aliphatic rings. The molecule has 2 aromatic heterocycles. The lowest BCUT2D eigenvalue weighted by molar-refractivity contribution is 0.0989. The lowest BCUT2D eigenvalue weighted by Gasteiger charge is -2.18. The van der Waals surface area contributed by atoms with Gasteiger partial charge in [0.2, 0.25) is 5.56 Å². The van der Waals surface area contributed by atoms with Crippen LogP contribution in [0.2, 0.25) is 0 Å². The highest BCUT2D eigenvalue weighted by Gasteiger charge is 2.22. The summed E-state index contributed by atoms with van der Waals surface area (Å²) in [5.74, 6) is -0.219. The molecule has 1 N–H and O–H groups in total. The number of benzene rings is 2. The molecule has 0 fully saturated rings. The number of rotatable bonds is 3. The highest BCUT2D eigenvalue weighted by atomic mass is 32.1. The Morgan fingerprint density at radius 2 is 1.92 bits per heavy atom. The minimum Gasteiger partial charge on any atom is -0.322 e. The van der Waals surface area contributed by atoms with Crippen LogP contribution < -0.4 is 10.5 Å². The quantitative estimate of drug-likeness (QED) is 0.612. The number of nitrogens with one attached hydrogen (secondary N) is 1. The summed E-state index contributed by atoms with van der Waals surface area (Å²) in [7, 11) is 0. The van der Waals surface area contributed by atoms with Crippen LogP contribution in [0.25, 0.3) is 21.1 Å². The fourth-order valence-corrected chi connectivity index (χ4v) is 3.90. The fourth-order valence-electron chi connectivity index (χ4n) is 2.87. The predicted octanol–water partition coefficient (Wildman–Crippen LogP) is 3.80.